The standard InChI is InChI=1S/C15H15N3OS/c1-3-19-12-6-4-5-11(8-12)13-9-14-16-10(2)7-15(20)18(14)17-13/h4-9,17H,3H2,1-2H3. The maximum Gasteiger partial charge on any atom is 0.155 e. The van der Waals surface area contributed by atoms with Gasteiger partial charge in [0.25, 0.3) is 0 Å². The third-order valence-corrected chi connectivity index (χ3v) is 3.33. The largest absolute Gasteiger partial charge is 0.494 e. The molecule has 5 heteroatoms. The van der Waals surface area contributed by atoms with Gasteiger partial charge in [-0.15, -0.1) is 0 Å². The number of hydrogen-bond donors (Lipinski definition) is 1. The Morgan fingerprint density at radius 3 is 2.95 bits per heavy atom. The summed E-state index contributed by atoms with van der Waals surface area (Å²) in [5.74, 6) is 0.858. The van der Waals surface area contributed by atoms with Gasteiger partial charge in [0.1, 0.15) is 10.4 Å². The van der Waals surface area contributed by atoms with E-state index in [1.54, 1.807) is 0 Å². The maximum atomic E-state index is 5.53. The molecule has 0 aliphatic heterocycles. The number of H-pyrrole nitrogens is 1. The first kappa shape index (κ1) is 12.9. The Morgan fingerprint density at radius 2 is 2.15 bits per heavy atom. The first-order valence-electron chi connectivity index (χ1n) is 6.50. The van der Waals surface area contributed by atoms with Gasteiger partial charge in [-0.2, -0.15) is 0 Å². The van der Waals surface area contributed by atoms with Crippen LogP contribution >= 0.6 is 12.2 Å². The Labute approximate surface area is 122 Å². The zero-order valence-corrected chi connectivity index (χ0v) is 12.2. The van der Waals surface area contributed by atoms with Crippen molar-refractivity contribution in [1.82, 2.24) is 14.6 Å². The third kappa shape index (κ3) is 2.32. The van der Waals surface area contributed by atoms with Gasteiger partial charge in [-0.3, -0.25) is 5.10 Å². The van der Waals surface area contributed by atoms with Crippen molar-refractivity contribution in [3.63, 3.8) is 0 Å². The number of hydrogen-bond acceptors (Lipinski definition) is 3. The van der Waals surface area contributed by atoms with Crippen LogP contribution in [0.2, 0.25) is 0 Å². The molecule has 3 aromatic rings. The molecule has 0 fully saturated rings. The maximum absolute atomic E-state index is 5.53. The molecule has 2 heterocycles. The molecule has 102 valence electrons. The minimum Gasteiger partial charge on any atom is -0.494 e. The molecule has 0 unspecified atom stereocenters. The number of fused-ring (bicyclic) bond motifs is 1. The highest BCUT2D eigenvalue weighted by atomic mass is 32.1. The normalized spacial score (nSPS) is 10.9. The molecular weight excluding hydrogens is 270 g/mol. The number of aryl methyl sites for hydroxylation is 1. The van der Waals surface area contributed by atoms with Gasteiger partial charge < -0.3 is 4.74 Å². The third-order valence-electron chi connectivity index (χ3n) is 3.03. The van der Waals surface area contributed by atoms with E-state index in [9.17, 15) is 0 Å². The van der Waals surface area contributed by atoms with Crippen molar-refractivity contribution in [2.75, 3.05) is 6.61 Å². The lowest BCUT2D eigenvalue weighted by atomic mass is 10.1. The predicted molar refractivity (Wildman–Crippen MR) is 81.7 cm³/mol. The second-order valence-electron chi connectivity index (χ2n) is 4.56. The van der Waals surface area contributed by atoms with Crippen LogP contribution in [0.25, 0.3) is 16.9 Å². The van der Waals surface area contributed by atoms with Crippen molar-refractivity contribution in [1.29, 1.82) is 0 Å². The fourth-order valence-electron chi connectivity index (χ4n) is 2.18. The molecule has 20 heavy (non-hydrogen) atoms. The van der Waals surface area contributed by atoms with E-state index in [0.29, 0.717) is 6.61 Å². The molecule has 0 aliphatic carbocycles. The number of nitrogens with one attached hydrogen (secondary N) is 1. The van der Waals surface area contributed by atoms with Crippen LogP contribution in [0.15, 0.2) is 36.4 Å². The summed E-state index contributed by atoms with van der Waals surface area (Å²) in [6.45, 7) is 4.57. The average molecular weight is 285 g/mol. The number of aromatic nitrogens is 3. The monoisotopic (exact) mass is 285 g/mol. The van der Waals surface area contributed by atoms with Gasteiger partial charge in [-0.1, -0.05) is 24.4 Å². The molecule has 0 bridgehead atoms. The zero-order chi connectivity index (χ0) is 14.1. The van der Waals surface area contributed by atoms with Crippen LogP contribution < -0.4 is 4.74 Å². The highest BCUT2D eigenvalue weighted by molar-refractivity contribution is 7.71. The van der Waals surface area contributed by atoms with E-state index in [1.165, 1.54) is 0 Å². The molecule has 0 aliphatic rings. The Morgan fingerprint density at radius 1 is 1.30 bits per heavy atom. The number of ether oxygens (including phenoxy) is 1. The number of rotatable bonds is 3. The van der Waals surface area contributed by atoms with Gasteiger partial charge in [-0.25, -0.2) is 9.50 Å². The van der Waals surface area contributed by atoms with Crippen LogP contribution in [-0.4, -0.2) is 21.2 Å². The lowest BCUT2D eigenvalue weighted by molar-refractivity contribution is 0.340. The van der Waals surface area contributed by atoms with Crippen LogP contribution in [0.3, 0.4) is 0 Å². The molecule has 0 saturated carbocycles. The van der Waals surface area contributed by atoms with Gasteiger partial charge in [-0.05, 0) is 32.0 Å². The van der Waals surface area contributed by atoms with Crippen molar-refractivity contribution in [3.8, 4) is 17.0 Å². The van der Waals surface area contributed by atoms with E-state index < -0.39 is 0 Å². The van der Waals surface area contributed by atoms with Gasteiger partial charge in [0.15, 0.2) is 5.65 Å². The lowest BCUT2D eigenvalue weighted by Gasteiger charge is -2.04. The van der Waals surface area contributed by atoms with E-state index >= 15 is 0 Å². The number of benzene rings is 1. The van der Waals surface area contributed by atoms with Crippen LogP contribution in [-0.2, 0) is 0 Å². The fraction of sp³-hybridized carbons (Fsp3) is 0.200. The van der Waals surface area contributed by atoms with E-state index in [2.05, 4.69) is 10.1 Å². The van der Waals surface area contributed by atoms with Crippen LogP contribution in [0.1, 0.15) is 12.6 Å². The Kier molecular flexibility index (Phi) is 3.28. The van der Waals surface area contributed by atoms with Gasteiger partial charge in [0, 0.05) is 17.3 Å². The van der Waals surface area contributed by atoms with Gasteiger partial charge in [0.2, 0.25) is 0 Å². The highest BCUT2D eigenvalue weighted by Gasteiger charge is 2.06. The summed E-state index contributed by atoms with van der Waals surface area (Å²) in [4.78, 5) is 4.48. The van der Waals surface area contributed by atoms with Crippen LogP contribution in [0.5, 0.6) is 5.75 Å². The smallest absolute Gasteiger partial charge is 0.155 e. The highest BCUT2D eigenvalue weighted by Crippen LogP contribution is 2.23. The quantitative estimate of drug-likeness (QED) is 0.745. The summed E-state index contributed by atoms with van der Waals surface area (Å²) in [6, 6.07) is 11.8. The van der Waals surface area contributed by atoms with E-state index in [1.807, 2.05) is 54.8 Å². The summed E-state index contributed by atoms with van der Waals surface area (Å²) < 4.78 is 8.06. The molecule has 1 N–H and O–H groups in total. The van der Waals surface area contributed by atoms with Gasteiger partial charge >= 0.3 is 0 Å². The molecule has 2 aromatic heterocycles. The summed E-state index contributed by atoms with van der Waals surface area (Å²) in [7, 11) is 0. The topological polar surface area (TPSA) is 42.3 Å². The minimum absolute atomic E-state index is 0.655. The molecule has 3 rings (SSSR count). The van der Waals surface area contributed by atoms with Crippen molar-refractivity contribution in [2.24, 2.45) is 0 Å². The van der Waals surface area contributed by atoms with E-state index in [0.717, 1.165) is 33.0 Å². The molecule has 4 nitrogen and oxygen atoms in total. The van der Waals surface area contributed by atoms with E-state index in [4.69, 9.17) is 17.0 Å². The fourth-order valence-corrected chi connectivity index (χ4v) is 2.49. The molecule has 0 amide bonds. The van der Waals surface area contributed by atoms with Crippen molar-refractivity contribution < 1.29 is 4.74 Å². The molecule has 0 atom stereocenters. The number of aromatic amines is 1. The minimum atomic E-state index is 0.655. The van der Waals surface area contributed by atoms with Gasteiger partial charge in [0.05, 0.1) is 12.3 Å². The summed E-state index contributed by atoms with van der Waals surface area (Å²) in [6.07, 6.45) is 0. The summed E-state index contributed by atoms with van der Waals surface area (Å²) in [5, 5.41) is 3.27. The Bertz CT molecular complexity index is 819. The summed E-state index contributed by atoms with van der Waals surface area (Å²) >= 11 is 5.34. The predicted octanol–water partition coefficient (Wildman–Crippen LogP) is 3.77. The number of nitrogens with zero attached hydrogens (tertiary/aromatic N) is 2. The molecule has 0 radical (unpaired) electrons. The first-order chi connectivity index (χ1) is 9.67. The van der Waals surface area contributed by atoms with Crippen molar-refractivity contribution >= 4 is 17.9 Å². The Hall–Kier alpha value is -2.14. The van der Waals surface area contributed by atoms with Crippen LogP contribution in [0.4, 0.5) is 0 Å². The van der Waals surface area contributed by atoms with Crippen molar-refractivity contribution in [3.05, 3.63) is 46.7 Å². The molecule has 0 saturated heterocycles. The second-order valence-corrected chi connectivity index (χ2v) is 4.98. The SMILES string of the molecule is CCOc1cccc(-c2cc3nc(C)cc(=S)n3[nH]2)c1. The lowest BCUT2D eigenvalue weighted by Crippen LogP contribution is -1.93. The first-order valence-corrected chi connectivity index (χ1v) is 6.91. The molecule has 0 spiro atoms. The second kappa shape index (κ2) is 5.09. The zero-order valence-electron chi connectivity index (χ0n) is 11.4. The summed E-state index contributed by atoms with van der Waals surface area (Å²) in [5.41, 5.74) is 3.76. The molecule has 1 aromatic carbocycles. The van der Waals surface area contributed by atoms with Crippen LogP contribution in [0, 0.1) is 11.6 Å². The van der Waals surface area contributed by atoms with Crippen molar-refractivity contribution in [2.45, 2.75) is 13.8 Å². The average Bonchev–Trinajstić information content (AvgIpc) is 2.83. The van der Waals surface area contributed by atoms with E-state index in [-0.39, 0.29) is 0 Å². The molecular formula is C15H15N3OS. The Balaban J connectivity index is 2.12.